The van der Waals surface area contributed by atoms with Gasteiger partial charge in [0.25, 0.3) is 5.91 Å². The van der Waals surface area contributed by atoms with E-state index in [0.29, 0.717) is 37.3 Å². The first-order valence-electron chi connectivity index (χ1n) is 9.19. The lowest BCUT2D eigenvalue weighted by Gasteiger charge is -2.27. The van der Waals surface area contributed by atoms with Crippen LogP contribution in [-0.4, -0.2) is 44.6 Å². The molecule has 2 aromatic rings. The Labute approximate surface area is 160 Å². The summed E-state index contributed by atoms with van der Waals surface area (Å²) in [5.74, 6) is 0.112. The molecule has 1 fully saturated rings. The topological polar surface area (TPSA) is 57.7 Å². The van der Waals surface area contributed by atoms with Crippen molar-refractivity contribution < 1.29 is 13.2 Å². The summed E-state index contributed by atoms with van der Waals surface area (Å²) in [7, 11) is -3.25. The van der Waals surface area contributed by atoms with E-state index in [-0.39, 0.29) is 11.7 Å². The van der Waals surface area contributed by atoms with E-state index >= 15 is 0 Å². The van der Waals surface area contributed by atoms with Crippen molar-refractivity contribution in [2.75, 3.05) is 29.7 Å². The number of carbonyl (C=O) groups excluding carboxylic acids is 1. The van der Waals surface area contributed by atoms with Gasteiger partial charge in [0.1, 0.15) is 0 Å². The molecule has 0 N–H and O–H groups in total. The maximum atomic E-state index is 12.9. The lowest BCUT2D eigenvalue weighted by molar-refractivity contribution is 0.0773. The van der Waals surface area contributed by atoms with Crippen molar-refractivity contribution in [3.63, 3.8) is 0 Å². The predicted molar refractivity (Wildman–Crippen MR) is 107 cm³/mol. The van der Waals surface area contributed by atoms with Gasteiger partial charge in [-0.25, -0.2) is 8.42 Å². The average molecular weight is 382 g/mol. The first kappa shape index (κ1) is 17.8. The molecule has 5 nitrogen and oxygen atoms in total. The highest BCUT2D eigenvalue weighted by atomic mass is 32.2. The zero-order valence-corrected chi connectivity index (χ0v) is 15.9. The van der Waals surface area contributed by atoms with E-state index in [9.17, 15) is 13.2 Å². The normalized spacial score (nSPS) is 19.0. The van der Waals surface area contributed by atoms with E-state index in [2.05, 4.69) is 18.2 Å². The molecule has 6 heteroatoms. The molecular weight excluding hydrogens is 360 g/mol. The summed E-state index contributed by atoms with van der Waals surface area (Å²) in [5, 5.41) is 0. The summed E-state index contributed by atoms with van der Waals surface area (Å²) in [6.45, 7) is 1.70. The molecule has 2 aliphatic rings. The average Bonchev–Trinajstić information content (AvgIpc) is 3.07. The fourth-order valence-corrected chi connectivity index (χ4v) is 5.23. The molecule has 2 aromatic carbocycles. The molecule has 0 aliphatic carbocycles. The van der Waals surface area contributed by atoms with Crippen LogP contribution in [0.25, 0.3) is 5.57 Å². The van der Waals surface area contributed by atoms with Gasteiger partial charge in [-0.3, -0.25) is 9.10 Å². The van der Waals surface area contributed by atoms with Gasteiger partial charge in [-0.1, -0.05) is 42.5 Å². The van der Waals surface area contributed by atoms with E-state index in [1.54, 1.807) is 24.3 Å². The largest absolute Gasteiger partial charge is 0.335 e. The minimum Gasteiger partial charge on any atom is -0.335 e. The van der Waals surface area contributed by atoms with Crippen LogP contribution in [0.4, 0.5) is 5.69 Å². The molecule has 0 aromatic heterocycles. The third kappa shape index (κ3) is 3.62. The lowest BCUT2D eigenvalue weighted by atomic mass is 9.99. The van der Waals surface area contributed by atoms with E-state index in [1.807, 2.05) is 23.1 Å². The van der Waals surface area contributed by atoms with E-state index in [1.165, 1.54) is 15.4 Å². The first-order chi connectivity index (χ1) is 13.0. The number of amides is 1. The van der Waals surface area contributed by atoms with Crippen LogP contribution in [0.5, 0.6) is 0 Å². The molecule has 27 heavy (non-hydrogen) atoms. The third-order valence-corrected chi connectivity index (χ3v) is 6.99. The highest BCUT2D eigenvalue weighted by Crippen LogP contribution is 2.27. The van der Waals surface area contributed by atoms with Crippen molar-refractivity contribution in [2.24, 2.45) is 0 Å². The lowest BCUT2D eigenvalue weighted by Crippen LogP contribution is -2.34. The Hall–Kier alpha value is -2.60. The molecular formula is C21H22N2O3S. The molecule has 2 aliphatic heterocycles. The number of nitrogens with zero attached hydrogens (tertiary/aromatic N) is 2. The van der Waals surface area contributed by atoms with Crippen LogP contribution in [0.3, 0.4) is 0 Å². The Morgan fingerprint density at radius 3 is 2.44 bits per heavy atom. The van der Waals surface area contributed by atoms with Crippen LogP contribution in [0.2, 0.25) is 0 Å². The Bertz CT molecular complexity index is 983. The quantitative estimate of drug-likeness (QED) is 0.819. The van der Waals surface area contributed by atoms with Crippen LogP contribution >= 0.6 is 0 Å². The number of hydrogen-bond acceptors (Lipinski definition) is 3. The summed E-state index contributed by atoms with van der Waals surface area (Å²) in [6, 6.07) is 17.2. The van der Waals surface area contributed by atoms with Crippen molar-refractivity contribution in [2.45, 2.75) is 12.8 Å². The number of anilines is 1. The first-order valence-corrected chi connectivity index (χ1v) is 10.8. The minimum atomic E-state index is -3.25. The smallest absolute Gasteiger partial charge is 0.254 e. The Balaban J connectivity index is 1.51. The molecule has 0 bridgehead atoms. The van der Waals surface area contributed by atoms with Gasteiger partial charge in [0, 0.05) is 25.2 Å². The van der Waals surface area contributed by atoms with Crippen LogP contribution in [0, 0.1) is 0 Å². The minimum absolute atomic E-state index is 0.0585. The molecule has 0 unspecified atom stereocenters. The molecule has 4 rings (SSSR count). The summed E-state index contributed by atoms with van der Waals surface area (Å²) in [5.41, 5.74) is 3.57. The van der Waals surface area contributed by atoms with Gasteiger partial charge in [-0.2, -0.15) is 0 Å². The number of hydrogen-bond donors (Lipinski definition) is 0. The number of benzene rings is 2. The molecule has 2 heterocycles. The van der Waals surface area contributed by atoms with E-state index in [4.69, 9.17) is 0 Å². The SMILES string of the molecule is O=C(c1cccc(N2CCCS2(=O)=O)c1)N1CC=C(c2ccccc2)CC1. The van der Waals surface area contributed by atoms with Gasteiger partial charge < -0.3 is 4.90 Å². The summed E-state index contributed by atoms with van der Waals surface area (Å²) >= 11 is 0. The van der Waals surface area contributed by atoms with Crippen LogP contribution in [0.1, 0.15) is 28.8 Å². The zero-order chi connectivity index (χ0) is 18.9. The molecule has 140 valence electrons. The van der Waals surface area contributed by atoms with Crippen LogP contribution in [0.15, 0.2) is 60.7 Å². The van der Waals surface area contributed by atoms with Gasteiger partial charge >= 0.3 is 0 Å². The predicted octanol–water partition coefficient (Wildman–Crippen LogP) is 3.16. The number of sulfonamides is 1. The van der Waals surface area contributed by atoms with Crippen molar-refractivity contribution >= 4 is 27.2 Å². The fraction of sp³-hybridized carbons (Fsp3) is 0.286. The number of carbonyl (C=O) groups is 1. The summed E-state index contributed by atoms with van der Waals surface area (Å²) in [6.07, 6.45) is 3.54. The maximum absolute atomic E-state index is 12.9. The molecule has 0 atom stereocenters. The van der Waals surface area contributed by atoms with Crippen molar-refractivity contribution in [3.05, 3.63) is 71.8 Å². The highest BCUT2D eigenvalue weighted by molar-refractivity contribution is 7.93. The van der Waals surface area contributed by atoms with E-state index in [0.717, 1.165) is 6.42 Å². The second-order valence-electron chi connectivity index (χ2n) is 6.89. The monoisotopic (exact) mass is 382 g/mol. The maximum Gasteiger partial charge on any atom is 0.254 e. The van der Waals surface area contributed by atoms with Crippen LogP contribution in [-0.2, 0) is 10.0 Å². The number of rotatable bonds is 3. The van der Waals surface area contributed by atoms with E-state index < -0.39 is 10.0 Å². The van der Waals surface area contributed by atoms with Gasteiger partial charge in [-0.05, 0) is 42.2 Å². The van der Waals surface area contributed by atoms with Gasteiger partial charge in [-0.15, -0.1) is 0 Å². The third-order valence-electron chi connectivity index (χ3n) is 5.12. The van der Waals surface area contributed by atoms with Gasteiger partial charge in [0.2, 0.25) is 10.0 Å². The van der Waals surface area contributed by atoms with Crippen molar-refractivity contribution in [3.8, 4) is 0 Å². The van der Waals surface area contributed by atoms with Crippen LogP contribution < -0.4 is 4.31 Å². The Morgan fingerprint density at radius 1 is 0.963 bits per heavy atom. The molecule has 0 spiro atoms. The molecule has 1 amide bonds. The van der Waals surface area contributed by atoms with Crippen molar-refractivity contribution in [1.82, 2.24) is 4.90 Å². The Kier molecular flexibility index (Phi) is 4.74. The molecule has 0 saturated carbocycles. The molecule has 1 saturated heterocycles. The second kappa shape index (κ2) is 7.19. The fourth-order valence-electron chi connectivity index (χ4n) is 3.67. The standard InChI is InChI=1S/C21H22N2O3S/c24-21(22-13-10-18(11-14-22)17-6-2-1-3-7-17)19-8-4-9-20(16-19)23-12-5-15-27(23,25)26/h1-4,6-10,16H,5,11-15H2. The molecule has 0 radical (unpaired) electrons. The summed E-state index contributed by atoms with van der Waals surface area (Å²) < 4.78 is 25.7. The zero-order valence-electron chi connectivity index (χ0n) is 15.0. The Morgan fingerprint density at radius 2 is 1.78 bits per heavy atom. The van der Waals surface area contributed by atoms with Crippen molar-refractivity contribution in [1.29, 1.82) is 0 Å². The second-order valence-corrected chi connectivity index (χ2v) is 8.90. The van der Waals surface area contributed by atoms with Gasteiger partial charge in [0.05, 0.1) is 11.4 Å². The highest BCUT2D eigenvalue weighted by Gasteiger charge is 2.29. The van der Waals surface area contributed by atoms with Gasteiger partial charge in [0.15, 0.2) is 0 Å². The summed E-state index contributed by atoms with van der Waals surface area (Å²) in [4.78, 5) is 14.7.